The first-order valence-electron chi connectivity index (χ1n) is 12.4. The second-order valence-corrected chi connectivity index (χ2v) is 8.93. The Hall–Kier alpha value is -4.70. The summed E-state index contributed by atoms with van der Waals surface area (Å²) >= 11 is 0. The molecule has 0 saturated carbocycles. The Balaban J connectivity index is 1.50. The van der Waals surface area contributed by atoms with Gasteiger partial charge < -0.3 is 19.8 Å². The number of carbonyl (C=O) groups is 1. The minimum atomic E-state index is -0.371. The van der Waals surface area contributed by atoms with Crippen molar-refractivity contribution in [3.63, 3.8) is 0 Å². The molecule has 0 radical (unpaired) electrons. The third-order valence-corrected chi connectivity index (χ3v) is 6.29. The van der Waals surface area contributed by atoms with E-state index in [4.69, 9.17) is 20.2 Å². The van der Waals surface area contributed by atoms with Crippen molar-refractivity contribution in [2.45, 2.75) is 12.8 Å². The van der Waals surface area contributed by atoms with Crippen LogP contribution in [0.1, 0.15) is 22.6 Å². The summed E-state index contributed by atoms with van der Waals surface area (Å²) < 4.78 is 26.3. The number of ether oxygens (including phenoxy) is 2. The smallest absolute Gasteiger partial charge is 0.185 e. The van der Waals surface area contributed by atoms with Crippen LogP contribution in [-0.2, 0) is 18.2 Å². The van der Waals surface area contributed by atoms with Gasteiger partial charge in [-0.25, -0.2) is 19.3 Å². The standard InChI is InChI=1S/C29H27FN6O3/c1-36-17-33-21-10-7-19(16-23(21)36)27-26(18-5-8-20(30)9-6-18)35-29(31)28(34-27)24(37)12-11-22-25(4-3-13-32-22)39-15-14-38-2/h3-10,13,16-17H,11-12,14-15H2,1-2H3,(H2,31,35). The average molecular weight is 527 g/mol. The molecule has 2 N–H and O–H groups in total. The van der Waals surface area contributed by atoms with Gasteiger partial charge in [-0.05, 0) is 48.5 Å². The number of aromatic nitrogens is 5. The summed E-state index contributed by atoms with van der Waals surface area (Å²) in [6.45, 7) is 0.809. The number of ketones is 1. The zero-order valence-electron chi connectivity index (χ0n) is 21.6. The zero-order chi connectivity index (χ0) is 27.4. The Bertz CT molecular complexity index is 1630. The molecule has 0 amide bonds. The number of anilines is 1. The van der Waals surface area contributed by atoms with Crippen LogP contribution < -0.4 is 10.5 Å². The van der Waals surface area contributed by atoms with Gasteiger partial charge in [-0.1, -0.05) is 6.07 Å². The van der Waals surface area contributed by atoms with Crippen LogP contribution in [0.3, 0.4) is 0 Å². The number of nitrogen functional groups attached to an aromatic ring is 1. The third-order valence-electron chi connectivity index (χ3n) is 6.29. The number of imidazole rings is 1. The number of hydrogen-bond acceptors (Lipinski definition) is 8. The maximum absolute atomic E-state index is 13.7. The van der Waals surface area contributed by atoms with Crippen molar-refractivity contribution in [2.24, 2.45) is 7.05 Å². The van der Waals surface area contributed by atoms with E-state index in [-0.39, 0.29) is 29.5 Å². The molecule has 10 heteroatoms. The molecule has 198 valence electrons. The molecule has 0 saturated heterocycles. The number of rotatable bonds is 10. The van der Waals surface area contributed by atoms with Crippen molar-refractivity contribution in [2.75, 3.05) is 26.1 Å². The van der Waals surface area contributed by atoms with Crippen LogP contribution in [0.5, 0.6) is 5.75 Å². The van der Waals surface area contributed by atoms with E-state index < -0.39 is 0 Å². The quantitative estimate of drug-likeness (QED) is 0.206. The second kappa shape index (κ2) is 11.4. The van der Waals surface area contributed by atoms with Crippen LogP contribution in [0, 0.1) is 5.82 Å². The number of nitrogens with zero attached hydrogens (tertiary/aromatic N) is 5. The van der Waals surface area contributed by atoms with E-state index in [9.17, 15) is 9.18 Å². The summed E-state index contributed by atoms with van der Waals surface area (Å²) in [7, 11) is 3.50. The van der Waals surface area contributed by atoms with Gasteiger partial charge in [0.05, 0.1) is 41.0 Å². The van der Waals surface area contributed by atoms with Crippen molar-refractivity contribution >= 4 is 22.6 Å². The van der Waals surface area contributed by atoms with E-state index in [1.54, 1.807) is 43.9 Å². The van der Waals surface area contributed by atoms with Crippen LogP contribution in [0.25, 0.3) is 33.5 Å². The molecule has 9 nitrogen and oxygen atoms in total. The van der Waals surface area contributed by atoms with Crippen LogP contribution in [-0.4, -0.2) is 50.6 Å². The van der Waals surface area contributed by atoms with Crippen molar-refractivity contribution in [1.82, 2.24) is 24.5 Å². The predicted octanol–water partition coefficient (Wildman–Crippen LogP) is 4.65. The number of pyridine rings is 1. The molecule has 0 atom stereocenters. The molecule has 0 spiro atoms. The average Bonchev–Trinajstić information content (AvgIpc) is 3.32. The third kappa shape index (κ3) is 5.60. The van der Waals surface area contributed by atoms with Gasteiger partial charge in [0.2, 0.25) is 0 Å². The molecule has 0 bridgehead atoms. The minimum absolute atomic E-state index is 0.00211. The molecule has 0 fully saturated rings. The van der Waals surface area contributed by atoms with Gasteiger partial charge >= 0.3 is 0 Å². The fourth-order valence-electron chi connectivity index (χ4n) is 4.26. The number of carbonyl (C=O) groups excluding carboxylic acids is 1. The number of nitrogens with two attached hydrogens (primary N) is 1. The topological polar surface area (TPSA) is 118 Å². The summed E-state index contributed by atoms with van der Waals surface area (Å²) in [6, 6.07) is 15.2. The molecular formula is C29H27FN6O3. The fraction of sp³-hybridized carbons (Fsp3) is 0.207. The molecule has 0 aliphatic heterocycles. The van der Waals surface area contributed by atoms with E-state index in [2.05, 4.69) is 15.0 Å². The number of halogens is 1. The van der Waals surface area contributed by atoms with Crippen LogP contribution in [0.2, 0.25) is 0 Å². The van der Waals surface area contributed by atoms with Gasteiger partial charge in [0.1, 0.15) is 23.9 Å². The van der Waals surface area contributed by atoms with Crippen LogP contribution >= 0.6 is 0 Å². The molecular weight excluding hydrogens is 499 g/mol. The zero-order valence-corrected chi connectivity index (χ0v) is 21.6. The van der Waals surface area contributed by atoms with Gasteiger partial charge in [-0.2, -0.15) is 0 Å². The van der Waals surface area contributed by atoms with E-state index in [1.807, 2.05) is 29.8 Å². The first kappa shape index (κ1) is 25.9. The Morgan fingerprint density at radius 1 is 1.00 bits per heavy atom. The maximum Gasteiger partial charge on any atom is 0.185 e. The van der Waals surface area contributed by atoms with Gasteiger partial charge in [-0.15, -0.1) is 0 Å². The largest absolute Gasteiger partial charge is 0.489 e. The highest BCUT2D eigenvalue weighted by Crippen LogP contribution is 2.33. The second-order valence-electron chi connectivity index (χ2n) is 8.93. The molecule has 2 aromatic carbocycles. The van der Waals surface area contributed by atoms with Crippen molar-refractivity contribution in [3.8, 4) is 28.3 Å². The fourth-order valence-corrected chi connectivity index (χ4v) is 4.26. The highest BCUT2D eigenvalue weighted by Gasteiger charge is 2.21. The van der Waals surface area contributed by atoms with Gasteiger partial charge in [0, 0.05) is 44.3 Å². The summed E-state index contributed by atoms with van der Waals surface area (Å²) in [5.74, 6) is -0.0491. The number of aryl methyl sites for hydroxylation is 2. The summed E-state index contributed by atoms with van der Waals surface area (Å²) in [6.07, 6.45) is 3.82. The van der Waals surface area contributed by atoms with E-state index in [0.717, 1.165) is 16.6 Å². The monoisotopic (exact) mass is 526 g/mol. The lowest BCUT2D eigenvalue weighted by Gasteiger charge is -2.13. The number of hydrogen-bond donors (Lipinski definition) is 1. The molecule has 0 aliphatic carbocycles. The maximum atomic E-state index is 13.7. The van der Waals surface area contributed by atoms with Gasteiger partial charge in [-0.3, -0.25) is 9.78 Å². The first-order chi connectivity index (χ1) is 18.9. The molecule has 39 heavy (non-hydrogen) atoms. The molecule has 0 aliphatic rings. The molecule has 3 aromatic heterocycles. The SMILES string of the molecule is COCCOc1cccnc1CCC(=O)c1nc(-c2ccc3ncn(C)c3c2)c(-c2ccc(F)cc2)nc1N. The normalized spacial score (nSPS) is 11.2. The van der Waals surface area contributed by atoms with Crippen LogP contribution in [0.15, 0.2) is 67.1 Å². The van der Waals surface area contributed by atoms with Crippen molar-refractivity contribution in [1.29, 1.82) is 0 Å². The van der Waals surface area contributed by atoms with Crippen molar-refractivity contribution < 1.29 is 18.7 Å². The van der Waals surface area contributed by atoms with Gasteiger partial charge in [0.25, 0.3) is 0 Å². The number of fused-ring (bicyclic) bond motifs is 1. The summed E-state index contributed by atoms with van der Waals surface area (Å²) in [5.41, 5.74) is 11.0. The predicted molar refractivity (Wildman–Crippen MR) is 146 cm³/mol. The number of benzene rings is 2. The molecule has 3 heterocycles. The molecule has 0 unspecified atom stereocenters. The van der Waals surface area contributed by atoms with Gasteiger partial charge in [0.15, 0.2) is 11.6 Å². The Kier molecular flexibility index (Phi) is 7.55. The first-order valence-corrected chi connectivity index (χ1v) is 12.4. The Morgan fingerprint density at radius 2 is 1.77 bits per heavy atom. The highest BCUT2D eigenvalue weighted by atomic mass is 19.1. The van der Waals surface area contributed by atoms with E-state index >= 15 is 0 Å². The lowest BCUT2D eigenvalue weighted by atomic mass is 10.0. The van der Waals surface area contributed by atoms with E-state index in [1.165, 1.54) is 12.1 Å². The highest BCUT2D eigenvalue weighted by molar-refractivity contribution is 6.00. The minimum Gasteiger partial charge on any atom is -0.489 e. The molecule has 5 rings (SSSR count). The summed E-state index contributed by atoms with van der Waals surface area (Å²) in [5, 5.41) is 0. The lowest BCUT2D eigenvalue weighted by molar-refractivity contribution is 0.0978. The Morgan fingerprint density at radius 3 is 2.56 bits per heavy atom. The van der Waals surface area contributed by atoms with Crippen LogP contribution in [0.4, 0.5) is 10.2 Å². The number of methoxy groups -OCH3 is 1. The molecule has 5 aromatic rings. The van der Waals surface area contributed by atoms with E-state index in [0.29, 0.717) is 48.0 Å². The number of Topliss-reactive ketones (excluding diaryl/α,β-unsaturated/α-hetero) is 1. The Labute approximate surface area is 224 Å². The summed E-state index contributed by atoms with van der Waals surface area (Å²) in [4.78, 5) is 31.4. The lowest BCUT2D eigenvalue weighted by Crippen LogP contribution is -2.13. The van der Waals surface area contributed by atoms with Crippen molar-refractivity contribution in [3.05, 3.63) is 84.3 Å².